The molecule has 0 aromatic rings. The average molecular weight is 189 g/mol. The number of rotatable bonds is 2. The van der Waals surface area contributed by atoms with E-state index in [0.29, 0.717) is 10.0 Å². The Hall–Kier alpha value is -2.06. The molecular formula is C4H7N5O4. The van der Waals surface area contributed by atoms with Crippen molar-refractivity contribution < 1.29 is 9.53 Å². The first kappa shape index (κ1) is 10.9. The maximum atomic E-state index is 10.7. The first-order valence-electron chi connectivity index (χ1n) is 2.97. The molecule has 0 saturated carbocycles. The van der Waals surface area contributed by atoms with Crippen LogP contribution in [0.4, 0.5) is 4.79 Å². The standard InChI is InChI=1S/C4H7N5O4/c1-8(6-11)3(5)13-4(10)9(2)7-12/h5H,1-2H3. The zero-order valence-electron chi connectivity index (χ0n) is 6.92. The third kappa shape index (κ3) is 3.22. The van der Waals surface area contributed by atoms with E-state index in [1.807, 2.05) is 0 Å². The lowest BCUT2D eigenvalue weighted by molar-refractivity contribution is 0.151. The molecule has 1 amide bonds. The number of carbonyl (C=O) groups excluding carboxylic acids is 1. The third-order valence-corrected chi connectivity index (χ3v) is 0.987. The van der Waals surface area contributed by atoms with Crippen LogP contribution in [0.15, 0.2) is 10.6 Å². The van der Waals surface area contributed by atoms with Crippen molar-refractivity contribution in [1.29, 1.82) is 5.41 Å². The minimum absolute atomic E-state index is 0.327. The lowest BCUT2D eigenvalue weighted by atomic mass is 10.9. The molecule has 0 spiro atoms. The van der Waals surface area contributed by atoms with Crippen molar-refractivity contribution in [1.82, 2.24) is 10.0 Å². The molecule has 1 N–H and O–H groups in total. The van der Waals surface area contributed by atoms with E-state index in [9.17, 15) is 14.6 Å². The summed E-state index contributed by atoms with van der Waals surface area (Å²) in [5, 5.41) is 12.2. The normalized spacial score (nSPS) is 8.46. The Balaban J connectivity index is 4.13. The van der Waals surface area contributed by atoms with E-state index in [4.69, 9.17) is 5.41 Å². The highest BCUT2D eigenvalue weighted by Gasteiger charge is 2.16. The Morgan fingerprint density at radius 3 is 2.08 bits per heavy atom. The summed E-state index contributed by atoms with van der Waals surface area (Å²) in [7, 11) is 2.15. The number of nitrogens with one attached hydrogen (secondary N) is 1. The molecule has 13 heavy (non-hydrogen) atoms. The summed E-state index contributed by atoms with van der Waals surface area (Å²) in [5.41, 5.74) is 0. The Labute approximate surface area is 72.6 Å². The molecule has 9 heteroatoms. The molecule has 0 radical (unpaired) electrons. The van der Waals surface area contributed by atoms with Crippen LogP contribution in [0.1, 0.15) is 0 Å². The van der Waals surface area contributed by atoms with Gasteiger partial charge in [0.05, 0.1) is 10.6 Å². The number of amides is 1. The SMILES string of the molecule is CN(N=O)C(=N)OC(=O)N(C)N=O. The Morgan fingerprint density at radius 1 is 1.23 bits per heavy atom. The van der Waals surface area contributed by atoms with Gasteiger partial charge in [-0.05, 0) is 0 Å². The molecule has 0 atom stereocenters. The largest absolute Gasteiger partial charge is 0.440 e. The molecule has 0 aliphatic heterocycles. The molecule has 0 fully saturated rings. The van der Waals surface area contributed by atoms with Crippen molar-refractivity contribution in [2.24, 2.45) is 10.6 Å². The topological polar surface area (TPSA) is 115 Å². The number of ether oxygens (including phenoxy) is 1. The van der Waals surface area contributed by atoms with E-state index in [1.54, 1.807) is 0 Å². The van der Waals surface area contributed by atoms with Gasteiger partial charge in [-0.25, -0.2) is 10.2 Å². The van der Waals surface area contributed by atoms with Gasteiger partial charge in [0, 0.05) is 14.1 Å². The average Bonchev–Trinajstić information content (AvgIpc) is 2.14. The second-order valence-corrected chi connectivity index (χ2v) is 1.88. The van der Waals surface area contributed by atoms with Crippen LogP contribution in [-0.4, -0.2) is 36.2 Å². The van der Waals surface area contributed by atoms with Crippen LogP contribution in [0.5, 0.6) is 0 Å². The second-order valence-electron chi connectivity index (χ2n) is 1.88. The van der Waals surface area contributed by atoms with Gasteiger partial charge < -0.3 is 4.74 Å². The van der Waals surface area contributed by atoms with Crippen molar-refractivity contribution in [3.8, 4) is 0 Å². The smallest absolute Gasteiger partial charge is 0.373 e. The highest BCUT2D eigenvalue weighted by molar-refractivity contribution is 5.84. The van der Waals surface area contributed by atoms with E-state index in [0.717, 1.165) is 14.1 Å². The van der Waals surface area contributed by atoms with Gasteiger partial charge in [0.25, 0.3) is 0 Å². The molecule has 72 valence electrons. The van der Waals surface area contributed by atoms with Crippen LogP contribution in [-0.2, 0) is 4.74 Å². The van der Waals surface area contributed by atoms with E-state index in [-0.39, 0.29) is 0 Å². The van der Waals surface area contributed by atoms with Crippen molar-refractivity contribution in [2.45, 2.75) is 0 Å². The Kier molecular flexibility index (Phi) is 3.99. The molecule has 0 bridgehead atoms. The highest BCUT2D eigenvalue weighted by Crippen LogP contribution is 1.94. The van der Waals surface area contributed by atoms with E-state index in [1.165, 1.54) is 0 Å². The lowest BCUT2D eigenvalue weighted by Crippen LogP contribution is -2.30. The number of hydrogen-bond acceptors (Lipinski definition) is 7. The summed E-state index contributed by atoms with van der Waals surface area (Å²) in [5.74, 6) is 0. The molecule has 0 rings (SSSR count). The fourth-order valence-corrected chi connectivity index (χ4v) is 0.285. The van der Waals surface area contributed by atoms with Gasteiger partial charge in [-0.2, -0.15) is 10.0 Å². The minimum atomic E-state index is -1.17. The monoisotopic (exact) mass is 189 g/mol. The molecule has 9 nitrogen and oxygen atoms in total. The molecule has 0 aromatic carbocycles. The minimum Gasteiger partial charge on any atom is -0.373 e. The predicted molar refractivity (Wildman–Crippen MR) is 41.3 cm³/mol. The molecular weight excluding hydrogens is 182 g/mol. The second kappa shape index (κ2) is 4.74. The van der Waals surface area contributed by atoms with Crippen molar-refractivity contribution in [3.05, 3.63) is 9.81 Å². The molecule has 0 unspecified atom stereocenters. The maximum Gasteiger partial charge on any atom is 0.440 e. The maximum absolute atomic E-state index is 10.7. The van der Waals surface area contributed by atoms with E-state index < -0.39 is 12.1 Å². The number of hydrogen-bond donors (Lipinski definition) is 1. The molecule has 0 saturated heterocycles. The number of nitrogens with zero attached hydrogens (tertiary/aromatic N) is 4. The van der Waals surface area contributed by atoms with E-state index >= 15 is 0 Å². The fourth-order valence-electron chi connectivity index (χ4n) is 0.285. The summed E-state index contributed by atoms with van der Waals surface area (Å²) in [6.45, 7) is 0. The van der Waals surface area contributed by atoms with Gasteiger partial charge in [0.2, 0.25) is 0 Å². The Bertz CT molecular complexity index is 217. The van der Waals surface area contributed by atoms with Gasteiger partial charge in [-0.15, -0.1) is 9.81 Å². The highest BCUT2D eigenvalue weighted by atomic mass is 16.6. The molecule has 0 aliphatic carbocycles. The Morgan fingerprint density at radius 2 is 1.69 bits per heavy atom. The zero-order valence-corrected chi connectivity index (χ0v) is 6.92. The van der Waals surface area contributed by atoms with Crippen LogP contribution in [0.25, 0.3) is 0 Å². The van der Waals surface area contributed by atoms with Gasteiger partial charge in [0.1, 0.15) is 0 Å². The lowest BCUT2D eigenvalue weighted by Gasteiger charge is -2.11. The van der Waals surface area contributed by atoms with Crippen molar-refractivity contribution in [2.75, 3.05) is 14.1 Å². The van der Waals surface area contributed by atoms with Crippen LogP contribution < -0.4 is 0 Å². The first-order valence-corrected chi connectivity index (χ1v) is 2.97. The van der Waals surface area contributed by atoms with Crippen LogP contribution in [0, 0.1) is 15.2 Å². The molecule has 0 heterocycles. The molecule has 0 aromatic heterocycles. The molecule has 0 aliphatic rings. The quantitative estimate of drug-likeness (QED) is 0.290. The van der Waals surface area contributed by atoms with Gasteiger partial charge in [-0.3, -0.25) is 0 Å². The first-order chi connectivity index (χ1) is 6.02. The van der Waals surface area contributed by atoms with E-state index in [2.05, 4.69) is 15.3 Å². The number of amidine groups is 1. The zero-order chi connectivity index (χ0) is 10.4. The third-order valence-electron chi connectivity index (χ3n) is 0.987. The van der Waals surface area contributed by atoms with Crippen molar-refractivity contribution in [3.63, 3.8) is 0 Å². The predicted octanol–water partition coefficient (Wildman–Crippen LogP) is 0.284. The van der Waals surface area contributed by atoms with Crippen LogP contribution in [0.2, 0.25) is 0 Å². The summed E-state index contributed by atoms with van der Waals surface area (Å²) >= 11 is 0. The summed E-state index contributed by atoms with van der Waals surface area (Å²) < 4.78 is 4.16. The fraction of sp³-hybridized carbons (Fsp3) is 0.500. The number of carbonyl (C=O) groups is 1. The van der Waals surface area contributed by atoms with Gasteiger partial charge >= 0.3 is 12.1 Å². The number of nitroso groups, excluding NO2 is 2. The van der Waals surface area contributed by atoms with Crippen molar-refractivity contribution >= 4 is 12.1 Å². The van der Waals surface area contributed by atoms with Crippen LogP contribution in [0.3, 0.4) is 0 Å². The van der Waals surface area contributed by atoms with Gasteiger partial charge in [0.15, 0.2) is 0 Å². The van der Waals surface area contributed by atoms with Crippen LogP contribution >= 0.6 is 0 Å². The van der Waals surface area contributed by atoms with Gasteiger partial charge in [-0.1, -0.05) is 0 Å². The summed E-state index contributed by atoms with van der Waals surface area (Å²) in [6.07, 6.45) is -1.17. The summed E-state index contributed by atoms with van der Waals surface area (Å²) in [4.78, 5) is 30.3. The summed E-state index contributed by atoms with van der Waals surface area (Å²) in [6, 6.07) is -0.796.